The maximum atomic E-state index is 14.0. The third-order valence-corrected chi connectivity index (χ3v) is 7.50. The first-order valence-corrected chi connectivity index (χ1v) is 15.2. The number of esters is 2. The Kier molecular flexibility index (Phi) is 9.75. The van der Waals surface area contributed by atoms with Crippen LogP contribution >= 0.6 is 15.9 Å². The molecule has 0 bridgehead atoms. The number of hydrogen-bond donors (Lipinski definition) is 1. The molecule has 9 nitrogen and oxygen atoms in total. The van der Waals surface area contributed by atoms with E-state index < -0.39 is 40.2 Å². The Labute approximate surface area is 265 Å². The normalized spacial score (nSPS) is 13.0. The lowest BCUT2D eigenvalue weighted by Crippen LogP contribution is -2.48. The van der Waals surface area contributed by atoms with Crippen LogP contribution in [0.5, 0.6) is 0 Å². The Balaban J connectivity index is 1.73. The number of rotatable bonds is 9. The monoisotopic (exact) mass is 663 g/mol. The molecule has 0 fully saturated rings. The molecule has 44 heavy (non-hydrogen) atoms. The number of aliphatic hydroxyl groups excluding tert-OH is 1. The number of benzene rings is 3. The van der Waals surface area contributed by atoms with E-state index in [4.69, 9.17) is 9.47 Å². The molecule has 1 aromatic heterocycles. The van der Waals surface area contributed by atoms with Gasteiger partial charge in [-0.3, -0.25) is 14.4 Å². The van der Waals surface area contributed by atoms with E-state index >= 15 is 0 Å². The molecule has 4 aromatic rings. The zero-order chi connectivity index (χ0) is 32.3. The van der Waals surface area contributed by atoms with Gasteiger partial charge in [0, 0.05) is 17.4 Å². The second-order valence-electron chi connectivity index (χ2n) is 12.8. The highest BCUT2D eigenvalue weighted by molar-refractivity contribution is 9.10. The Hall–Kier alpha value is -3.89. The van der Waals surface area contributed by atoms with Gasteiger partial charge in [-0.15, -0.1) is 5.10 Å². The predicted molar refractivity (Wildman–Crippen MR) is 172 cm³/mol. The number of ether oxygens (including phenoxy) is 2. The summed E-state index contributed by atoms with van der Waals surface area (Å²) in [5, 5.41) is 20.0. The molecule has 1 heterocycles. The lowest BCUT2D eigenvalue weighted by Gasteiger charge is -2.36. The summed E-state index contributed by atoms with van der Waals surface area (Å²) in [5.74, 6) is -1.71. The van der Waals surface area contributed by atoms with E-state index in [1.165, 1.54) is 0 Å². The number of fused-ring (bicyclic) bond motifs is 1. The molecule has 1 atom stereocenters. The van der Waals surface area contributed by atoms with Gasteiger partial charge in [-0.25, -0.2) is 4.68 Å². The van der Waals surface area contributed by atoms with Crippen LogP contribution in [0.2, 0.25) is 0 Å². The van der Waals surface area contributed by atoms with E-state index in [1.807, 2.05) is 36.4 Å². The molecule has 0 amide bonds. The Morgan fingerprint density at radius 1 is 0.841 bits per heavy atom. The number of nitrogens with zero attached hydrogens (tertiary/aromatic N) is 3. The van der Waals surface area contributed by atoms with Gasteiger partial charge in [-0.2, -0.15) is 0 Å². The van der Waals surface area contributed by atoms with Crippen molar-refractivity contribution >= 4 is 38.8 Å². The van der Waals surface area contributed by atoms with Crippen molar-refractivity contribution < 1.29 is 24.2 Å². The number of aromatic nitrogens is 3. The van der Waals surface area contributed by atoms with Crippen molar-refractivity contribution in [2.24, 2.45) is 5.41 Å². The average molecular weight is 665 g/mol. The number of halogens is 1. The highest BCUT2D eigenvalue weighted by atomic mass is 79.9. The molecule has 4 rings (SSSR count). The highest BCUT2D eigenvalue weighted by Gasteiger charge is 2.52. The van der Waals surface area contributed by atoms with Gasteiger partial charge >= 0.3 is 11.9 Å². The minimum Gasteiger partial charge on any atom is -0.459 e. The summed E-state index contributed by atoms with van der Waals surface area (Å²) >= 11 is 3.44. The second-order valence-corrected chi connectivity index (χ2v) is 13.7. The van der Waals surface area contributed by atoms with Gasteiger partial charge in [0.15, 0.2) is 5.41 Å². The lowest BCUT2D eigenvalue weighted by atomic mass is 9.77. The van der Waals surface area contributed by atoms with Gasteiger partial charge in [0.1, 0.15) is 16.7 Å². The summed E-state index contributed by atoms with van der Waals surface area (Å²) in [4.78, 5) is 41.2. The molecule has 1 N–H and O–H groups in total. The molecule has 232 valence electrons. The van der Waals surface area contributed by atoms with Crippen LogP contribution in [-0.2, 0) is 25.6 Å². The molecular formula is C34H38BrN3O6. The van der Waals surface area contributed by atoms with Crippen LogP contribution in [0.25, 0.3) is 22.0 Å². The summed E-state index contributed by atoms with van der Waals surface area (Å²) in [6.45, 7) is 10.0. The predicted octanol–water partition coefficient (Wildman–Crippen LogP) is 6.40. The van der Waals surface area contributed by atoms with E-state index in [9.17, 15) is 19.5 Å². The van der Waals surface area contributed by atoms with E-state index in [1.54, 1.807) is 77.9 Å². The molecule has 0 spiro atoms. The van der Waals surface area contributed by atoms with E-state index in [0.29, 0.717) is 16.5 Å². The number of carbonyl (C=O) groups excluding carboxylic acids is 2. The molecule has 0 saturated heterocycles. The van der Waals surface area contributed by atoms with Crippen LogP contribution < -0.4 is 5.56 Å². The molecule has 3 aromatic carbocycles. The first-order valence-electron chi connectivity index (χ1n) is 14.4. The third kappa shape index (κ3) is 7.98. The van der Waals surface area contributed by atoms with Gasteiger partial charge in [-0.1, -0.05) is 69.7 Å². The van der Waals surface area contributed by atoms with Gasteiger partial charge in [0.2, 0.25) is 0 Å². The summed E-state index contributed by atoms with van der Waals surface area (Å²) in [6.07, 6.45) is -1.81. The minimum absolute atomic E-state index is 0.148. The van der Waals surface area contributed by atoms with Gasteiger partial charge < -0.3 is 14.6 Å². The average Bonchev–Trinajstić information content (AvgIpc) is 2.95. The van der Waals surface area contributed by atoms with Crippen LogP contribution in [0.3, 0.4) is 0 Å². The number of aliphatic hydroxyl groups is 1. The standard InChI is InChI=1S/C34H38BrN3O6/c1-32(2,3)43-30(41)34(31(42)44-33(4,5)6,19-20-38-29(40)26-9-7-8-10-27(26)36-37-38)21-28(39)24-13-11-22(12-14-24)23-15-17-25(35)18-16-23/h7-18,28,39H,19-21H2,1-6H3. The zero-order valence-corrected chi connectivity index (χ0v) is 27.4. The number of hydrogen-bond acceptors (Lipinski definition) is 8. The largest absolute Gasteiger partial charge is 0.459 e. The van der Waals surface area contributed by atoms with Crippen molar-refractivity contribution in [3.8, 4) is 11.1 Å². The summed E-state index contributed by atoms with van der Waals surface area (Å²) in [7, 11) is 0. The Morgan fingerprint density at radius 2 is 1.36 bits per heavy atom. The summed E-state index contributed by atoms with van der Waals surface area (Å²) in [5.41, 5.74) is -1.41. The molecule has 0 radical (unpaired) electrons. The highest BCUT2D eigenvalue weighted by Crippen LogP contribution is 2.40. The Bertz CT molecular complexity index is 1660. The van der Waals surface area contributed by atoms with Crippen molar-refractivity contribution in [1.82, 2.24) is 15.0 Å². The zero-order valence-electron chi connectivity index (χ0n) is 25.8. The van der Waals surface area contributed by atoms with Gasteiger partial charge in [-0.05, 0) is 88.9 Å². The molecule has 0 aliphatic carbocycles. The van der Waals surface area contributed by atoms with Crippen LogP contribution in [0.4, 0.5) is 0 Å². The molecule has 0 aliphatic rings. The molecular weight excluding hydrogens is 626 g/mol. The van der Waals surface area contributed by atoms with E-state index in [-0.39, 0.29) is 19.4 Å². The minimum atomic E-state index is -1.98. The maximum Gasteiger partial charge on any atom is 0.324 e. The molecule has 1 unspecified atom stereocenters. The summed E-state index contributed by atoms with van der Waals surface area (Å²) in [6, 6.07) is 21.9. The number of aryl methyl sites for hydroxylation is 1. The van der Waals surface area contributed by atoms with Crippen LogP contribution in [0, 0.1) is 5.41 Å². The fraction of sp³-hybridized carbons (Fsp3) is 0.382. The van der Waals surface area contributed by atoms with E-state index in [0.717, 1.165) is 20.3 Å². The van der Waals surface area contributed by atoms with Crippen LogP contribution in [-0.4, -0.2) is 43.2 Å². The quantitative estimate of drug-likeness (QED) is 0.161. The molecule has 10 heteroatoms. The third-order valence-electron chi connectivity index (χ3n) is 6.97. The Morgan fingerprint density at radius 3 is 1.91 bits per heavy atom. The summed E-state index contributed by atoms with van der Waals surface area (Å²) < 4.78 is 13.6. The van der Waals surface area contributed by atoms with Gasteiger partial charge in [0.05, 0.1) is 11.5 Å². The van der Waals surface area contributed by atoms with Gasteiger partial charge in [0.25, 0.3) is 5.56 Å². The molecule has 0 saturated carbocycles. The fourth-order valence-electron chi connectivity index (χ4n) is 4.76. The van der Waals surface area contributed by atoms with Crippen molar-refractivity contribution in [1.29, 1.82) is 0 Å². The van der Waals surface area contributed by atoms with Crippen molar-refractivity contribution in [2.75, 3.05) is 0 Å². The van der Waals surface area contributed by atoms with Crippen molar-refractivity contribution in [2.45, 2.75) is 78.2 Å². The van der Waals surface area contributed by atoms with Crippen LogP contribution in [0.15, 0.2) is 82.1 Å². The number of carbonyl (C=O) groups is 2. The smallest absolute Gasteiger partial charge is 0.324 e. The SMILES string of the molecule is CC(C)(C)OC(=O)C(CCn1nnc2ccccc2c1=O)(CC(O)c1ccc(-c2ccc(Br)cc2)cc1)C(=O)OC(C)(C)C. The van der Waals surface area contributed by atoms with Crippen molar-refractivity contribution in [3.05, 3.63) is 93.2 Å². The first kappa shape index (κ1) is 33.0. The maximum absolute atomic E-state index is 14.0. The molecule has 0 aliphatic heterocycles. The van der Waals surface area contributed by atoms with Crippen molar-refractivity contribution in [3.63, 3.8) is 0 Å². The fourth-order valence-corrected chi connectivity index (χ4v) is 5.03. The topological polar surface area (TPSA) is 121 Å². The van der Waals surface area contributed by atoms with E-state index in [2.05, 4.69) is 26.2 Å². The van der Waals surface area contributed by atoms with Crippen LogP contribution in [0.1, 0.15) is 66.1 Å². The second kappa shape index (κ2) is 13.0. The lowest BCUT2D eigenvalue weighted by molar-refractivity contribution is -0.189. The first-order chi connectivity index (χ1) is 20.6.